The Morgan fingerprint density at radius 3 is 3.05 bits per heavy atom. The predicted molar refractivity (Wildman–Crippen MR) is 78.0 cm³/mol. The van der Waals surface area contributed by atoms with E-state index in [1.54, 1.807) is 12.3 Å². The largest absolute Gasteiger partial charge is 0.349 e. The van der Waals surface area contributed by atoms with E-state index in [1.807, 2.05) is 25.1 Å². The summed E-state index contributed by atoms with van der Waals surface area (Å²) in [6, 6.07) is 5.65. The second-order valence-corrected chi connectivity index (χ2v) is 4.28. The molecular formula is C13H14ClN5. The van der Waals surface area contributed by atoms with Crippen LogP contribution in [0.5, 0.6) is 0 Å². The van der Waals surface area contributed by atoms with Gasteiger partial charge in [0.15, 0.2) is 5.82 Å². The van der Waals surface area contributed by atoms with Gasteiger partial charge in [0, 0.05) is 17.3 Å². The van der Waals surface area contributed by atoms with Gasteiger partial charge in [-0.3, -0.25) is 0 Å². The second-order valence-electron chi connectivity index (χ2n) is 3.87. The Kier molecular flexibility index (Phi) is 4.30. The highest BCUT2D eigenvalue weighted by Crippen LogP contribution is 2.25. The number of nitrogens with one attached hydrogen (secondary N) is 2. The highest BCUT2D eigenvalue weighted by Gasteiger charge is 2.04. The SMILES string of the molecule is C=CCNc1nncc(Nc2cccc(Cl)c2C)n1. The van der Waals surface area contributed by atoms with Gasteiger partial charge in [-0.1, -0.05) is 23.7 Å². The zero-order chi connectivity index (χ0) is 13.7. The highest BCUT2D eigenvalue weighted by atomic mass is 35.5. The number of nitrogens with zero attached hydrogens (tertiary/aromatic N) is 3. The second kappa shape index (κ2) is 6.15. The molecule has 0 bridgehead atoms. The first-order chi connectivity index (χ1) is 9.20. The summed E-state index contributed by atoms with van der Waals surface area (Å²) in [7, 11) is 0. The van der Waals surface area contributed by atoms with E-state index in [1.165, 1.54) is 0 Å². The van der Waals surface area contributed by atoms with Crippen LogP contribution in [0.15, 0.2) is 37.1 Å². The fraction of sp³-hybridized carbons (Fsp3) is 0.154. The fourth-order valence-corrected chi connectivity index (χ4v) is 1.66. The molecule has 0 atom stereocenters. The molecule has 0 spiro atoms. The molecular weight excluding hydrogens is 262 g/mol. The van der Waals surface area contributed by atoms with E-state index in [4.69, 9.17) is 11.6 Å². The number of anilines is 3. The normalized spacial score (nSPS) is 10.0. The summed E-state index contributed by atoms with van der Waals surface area (Å²) in [5.41, 5.74) is 1.85. The third-order valence-electron chi connectivity index (χ3n) is 2.49. The molecule has 1 aromatic carbocycles. The van der Waals surface area contributed by atoms with Crippen LogP contribution in [0.2, 0.25) is 5.02 Å². The maximum absolute atomic E-state index is 6.07. The number of benzene rings is 1. The van der Waals surface area contributed by atoms with Crippen molar-refractivity contribution in [2.75, 3.05) is 17.2 Å². The molecule has 0 radical (unpaired) electrons. The molecule has 19 heavy (non-hydrogen) atoms. The Balaban J connectivity index is 2.18. The number of hydrogen-bond acceptors (Lipinski definition) is 5. The zero-order valence-corrected chi connectivity index (χ0v) is 11.3. The molecule has 0 unspecified atom stereocenters. The number of hydrogen-bond donors (Lipinski definition) is 2. The third kappa shape index (κ3) is 3.42. The summed E-state index contributed by atoms with van der Waals surface area (Å²) in [5.74, 6) is 1.05. The Morgan fingerprint density at radius 1 is 1.42 bits per heavy atom. The molecule has 0 saturated carbocycles. The zero-order valence-electron chi connectivity index (χ0n) is 10.5. The molecule has 2 rings (SSSR count). The van der Waals surface area contributed by atoms with Gasteiger partial charge in [0.05, 0.1) is 6.20 Å². The summed E-state index contributed by atoms with van der Waals surface area (Å²) in [5, 5.41) is 14.6. The van der Waals surface area contributed by atoms with Gasteiger partial charge in [0.2, 0.25) is 5.95 Å². The molecule has 6 heteroatoms. The van der Waals surface area contributed by atoms with Gasteiger partial charge < -0.3 is 10.6 Å². The molecule has 0 aliphatic rings. The lowest BCUT2D eigenvalue weighted by Crippen LogP contribution is -2.06. The van der Waals surface area contributed by atoms with Gasteiger partial charge in [-0.2, -0.15) is 10.1 Å². The molecule has 1 heterocycles. The van der Waals surface area contributed by atoms with E-state index in [0.29, 0.717) is 23.3 Å². The lowest BCUT2D eigenvalue weighted by molar-refractivity contribution is 0.967. The fourth-order valence-electron chi connectivity index (χ4n) is 1.48. The average molecular weight is 276 g/mol. The molecule has 0 saturated heterocycles. The first-order valence-corrected chi connectivity index (χ1v) is 6.15. The van der Waals surface area contributed by atoms with Crippen molar-refractivity contribution in [1.29, 1.82) is 0 Å². The number of aromatic nitrogens is 3. The smallest absolute Gasteiger partial charge is 0.244 e. The predicted octanol–water partition coefficient (Wildman–Crippen LogP) is 3.17. The molecule has 0 aliphatic heterocycles. The minimum absolute atomic E-state index is 0.449. The topological polar surface area (TPSA) is 62.7 Å². The van der Waals surface area contributed by atoms with E-state index in [9.17, 15) is 0 Å². The van der Waals surface area contributed by atoms with Gasteiger partial charge in [0.1, 0.15) is 0 Å². The van der Waals surface area contributed by atoms with Crippen LogP contribution in [-0.4, -0.2) is 21.7 Å². The van der Waals surface area contributed by atoms with Crippen LogP contribution >= 0.6 is 11.6 Å². The Hall–Kier alpha value is -2.14. The lowest BCUT2D eigenvalue weighted by Gasteiger charge is -2.10. The summed E-state index contributed by atoms with van der Waals surface area (Å²) in [4.78, 5) is 4.29. The summed E-state index contributed by atoms with van der Waals surface area (Å²) in [6.45, 7) is 6.14. The molecule has 2 N–H and O–H groups in total. The molecule has 0 aliphatic carbocycles. The van der Waals surface area contributed by atoms with Crippen LogP contribution in [0, 0.1) is 6.92 Å². The third-order valence-corrected chi connectivity index (χ3v) is 2.90. The van der Waals surface area contributed by atoms with Crippen LogP contribution < -0.4 is 10.6 Å². The number of halogens is 1. The lowest BCUT2D eigenvalue weighted by atomic mass is 10.2. The van der Waals surface area contributed by atoms with Gasteiger partial charge in [0.25, 0.3) is 0 Å². The minimum atomic E-state index is 0.449. The van der Waals surface area contributed by atoms with E-state index in [2.05, 4.69) is 32.4 Å². The van der Waals surface area contributed by atoms with Crippen LogP contribution in [0.1, 0.15) is 5.56 Å². The summed E-state index contributed by atoms with van der Waals surface area (Å²) < 4.78 is 0. The Labute approximate surface area is 116 Å². The van der Waals surface area contributed by atoms with Crippen molar-refractivity contribution in [1.82, 2.24) is 15.2 Å². The first-order valence-electron chi connectivity index (χ1n) is 5.77. The highest BCUT2D eigenvalue weighted by molar-refractivity contribution is 6.31. The van der Waals surface area contributed by atoms with E-state index in [0.717, 1.165) is 11.3 Å². The molecule has 1 aromatic heterocycles. The van der Waals surface area contributed by atoms with Crippen molar-refractivity contribution < 1.29 is 0 Å². The van der Waals surface area contributed by atoms with E-state index >= 15 is 0 Å². The van der Waals surface area contributed by atoms with E-state index in [-0.39, 0.29) is 0 Å². The Bertz CT molecular complexity index is 585. The van der Waals surface area contributed by atoms with Crippen LogP contribution in [-0.2, 0) is 0 Å². The van der Waals surface area contributed by atoms with Crippen LogP contribution in [0.25, 0.3) is 0 Å². The monoisotopic (exact) mass is 275 g/mol. The quantitative estimate of drug-likeness (QED) is 0.821. The molecule has 98 valence electrons. The maximum atomic E-state index is 6.07. The van der Waals surface area contributed by atoms with Crippen molar-refractivity contribution in [3.63, 3.8) is 0 Å². The van der Waals surface area contributed by atoms with Crippen LogP contribution in [0.4, 0.5) is 17.5 Å². The van der Waals surface area contributed by atoms with E-state index < -0.39 is 0 Å². The van der Waals surface area contributed by atoms with Crippen LogP contribution in [0.3, 0.4) is 0 Å². The van der Waals surface area contributed by atoms with Gasteiger partial charge >= 0.3 is 0 Å². The molecule has 0 amide bonds. The Morgan fingerprint density at radius 2 is 2.26 bits per heavy atom. The molecule has 0 fully saturated rings. The summed E-state index contributed by atoms with van der Waals surface area (Å²) >= 11 is 6.07. The van der Waals surface area contributed by atoms with Crippen molar-refractivity contribution in [3.05, 3.63) is 47.6 Å². The van der Waals surface area contributed by atoms with Gasteiger partial charge in [-0.15, -0.1) is 11.7 Å². The number of rotatable bonds is 5. The van der Waals surface area contributed by atoms with Gasteiger partial charge in [-0.25, -0.2) is 0 Å². The van der Waals surface area contributed by atoms with Crippen molar-refractivity contribution >= 4 is 29.1 Å². The average Bonchev–Trinajstić information content (AvgIpc) is 2.42. The van der Waals surface area contributed by atoms with Gasteiger partial charge in [-0.05, 0) is 24.6 Å². The molecule has 5 nitrogen and oxygen atoms in total. The van der Waals surface area contributed by atoms with Crippen molar-refractivity contribution in [2.24, 2.45) is 0 Å². The molecule has 2 aromatic rings. The van der Waals surface area contributed by atoms with Crippen molar-refractivity contribution in [2.45, 2.75) is 6.92 Å². The minimum Gasteiger partial charge on any atom is -0.349 e. The van der Waals surface area contributed by atoms with Crippen molar-refractivity contribution in [3.8, 4) is 0 Å². The summed E-state index contributed by atoms with van der Waals surface area (Å²) in [6.07, 6.45) is 3.28. The maximum Gasteiger partial charge on any atom is 0.244 e. The standard InChI is InChI=1S/C13H14ClN5/c1-3-7-15-13-18-12(8-16-19-13)17-11-6-4-5-10(14)9(11)2/h3-6,8H,1,7H2,2H3,(H2,15,17,18,19). The first kappa shape index (κ1) is 13.3.